The number of nitrogens with two attached hydrogens (primary N) is 1. The molecule has 0 unspecified atom stereocenters. The van der Waals surface area contributed by atoms with Crippen molar-refractivity contribution in [3.05, 3.63) is 29.6 Å². The first-order chi connectivity index (χ1) is 8.54. The largest absolute Gasteiger partial charge is 0.398 e. The molecule has 0 aromatic heterocycles. The van der Waals surface area contributed by atoms with Crippen LogP contribution in [0.2, 0.25) is 0 Å². The molecule has 2 nitrogen and oxygen atoms in total. The van der Waals surface area contributed by atoms with Crippen molar-refractivity contribution in [2.75, 3.05) is 18.8 Å². The van der Waals surface area contributed by atoms with E-state index in [1.54, 1.807) is 12.1 Å². The van der Waals surface area contributed by atoms with Crippen LogP contribution >= 0.6 is 0 Å². The summed E-state index contributed by atoms with van der Waals surface area (Å²) in [4.78, 5) is 2.31. The van der Waals surface area contributed by atoms with E-state index in [9.17, 15) is 4.39 Å². The van der Waals surface area contributed by atoms with Gasteiger partial charge in [0.25, 0.3) is 0 Å². The Morgan fingerprint density at radius 3 is 2.56 bits per heavy atom. The minimum atomic E-state index is -0.182. The van der Waals surface area contributed by atoms with Gasteiger partial charge in [-0.25, -0.2) is 4.39 Å². The fourth-order valence-corrected chi connectivity index (χ4v) is 2.57. The number of anilines is 1. The second-order valence-electron chi connectivity index (χ2n) is 5.75. The second-order valence-corrected chi connectivity index (χ2v) is 5.75. The van der Waals surface area contributed by atoms with Gasteiger partial charge >= 0.3 is 0 Å². The number of benzene rings is 1. The maximum absolute atomic E-state index is 13.7. The average Bonchev–Trinajstić information content (AvgIpc) is 2.36. The molecule has 18 heavy (non-hydrogen) atoms. The van der Waals surface area contributed by atoms with E-state index in [4.69, 9.17) is 5.73 Å². The molecule has 1 aliphatic heterocycles. The molecular formula is C15H23FN2. The van der Waals surface area contributed by atoms with E-state index in [0.717, 1.165) is 13.1 Å². The van der Waals surface area contributed by atoms with Gasteiger partial charge in [-0.3, -0.25) is 4.90 Å². The summed E-state index contributed by atoms with van der Waals surface area (Å²) in [6.07, 6.45) is 3.61. The molecule has 1 heterocycles. The third-order valence-corrected chi connectivity index (χ3v) is 4.45. The van der Waals surface area contributed by atoms with E-state index in [0.29, 0.717) is 23.2 Å². The minimum absolute atomic E-state index is 0.182. The lowest BCUT2D eigenvalue weighted by atomic mass is 9.78. The number of nitrogen functional groups attached to an aromatic ring is 1. The van der Waals surface area contributed by atoms with Crippen LogP contribution in [0.25, 0.3) is 0 Å². The summed E-state index contributed by atoms with van der Waals surface area (Å²) in [5.74, 6) is -0.182. The summed E-state index contributed by atoms with van der Waals surface area (Å²) in [5.41, 5.74) is 7.54. The molecule has 0 atom stereocenters. The number of rotatable bonds is 3. The highest BCUT2D eigenvalue weighted by molar-refractivity contribution is 5.47. The van der Waals surface area contributed by atoms with E-state index in [-0.39, 0.29) is 5.82 Å². The number of hydrogen-bond donors (Lipinski definition) is 1. The Labute approximate surface area is 109 Å². The molecule has 1 fully saturated rings. The van der Waals surface area contributed by atoms with E-state index in [1.165, 1.54) is 25.3 Å². The average molecular weight is 250 g/mol. The molecule has 0 aliphatic carbocycles. The van der Waals surface area contributed by atoms with Crippen LogP contribution in [0.1, 0.15) is 38.7 Å². The van der Waals surface area contributed by atoms with E-state index < -0.39 is 0 Å². The standard InChI is InChI=1S/C15H23FN2/c1-3-15(2)7-9-18(10-8-15)11-12-13(16)5-4-6-14(12)17/h4-6H,3,7-11,17H2,1-2H3. The van der Waals surface area contributed by atoms with Crippen LogP contribution in [0.3, 0.4) is 0 Å². The minimum Gasteiger partial charge on any atom is -0.398 e. The van der Waals surface area contributed by atoms with Gasteiger partial charge in [0.2, 0.25) is 0 Å². The Balaban J connectivity index is 2.00. The van der Waals surface area contributed by atoms with Crippen molar-refractivity contribution in [2.45, 2.75) is 39.7 Å². The summed E-state index contributed by atoms with van der Waals surface area (Å²) in [6, 6.07) is 4.93. The molecule has 3 heteroatoms. The molecule has 1 saturated heterocycles. The van der Waals surface area contributed by atoms with Gasteiger partial charge in [-0.05, 0) is 43.5 Å². The van der Waals surface area contributed by atoms with Crippen LogP contribution in [0.15, 0.2) is 18.2 Å². The summed E-state index contributed by atoms with van der Waals surface area (Å²) in [5, 5.41) is 0. The highest BCUT2D eigenvalue weighted by Gasteiger charge is 2.28. The van der Waals surface area contributed by atoms with Crippen LogP contribution in [0.5, 0.6) is 0 Å². The zero-order valence-electron chi connectivity index (χ0n) is 11.4. The molecule has 1 aromatic carbocycles. The number of nitrogens with zero attached hydrogens (tertiary/aromatic N) is 1. The zero-order chi connectivity index (χ0) is 13.2. The first-order valence-electron chi connectivity index (χ1n) is 6.79. The van der Waals surface area contributed by atoms with Crippen molar-refractivity contribution < 1.29 is 4.39 Å². The molecule has 0 spiro atoms. The molecule has 2 rings (SSSR count). The van der Waals surface area contributed by atoms with Crippen LogP contribution in [-0.4, -0.2) is 18.0 Å². The third-order valence-electron chi connectivity index (χ3n) is 4.45. The fourth-order valence-electron chi connectivity index (χ4n) is 2.57. The first kappa shape index (κ1) is 13.3. The van der Waals surface area contributed by atoms with E-state index in [2.05, 4.69) is 18.7 Å². The molecular weight excluding hydrogens is 227 g/mol. The number of likely N-dealkylation sites (tertiary alicyclic amines) is 1. The molecule has 1 aliphatic rings. The van der Waals surface area contributed by atoms with E-state index in [1.807, 2.05) is 0 Å². The van der Waals surface area contributed by atoms with E-state index >= 15 is 0 Å². The van der Waals surface area contributed by atoms with Crippen molar-refractivity contribution in [3.8, 4) is 0 Å². The van der Waals surface area contributed by atoms with Gasteiger partial charge in [0.05, 0.1) is 0 Å². The van der Waals surface area contributed by atoms with Gasteiger partial charge in [-0.1, -0.05) is 26.3 Å². The van der Waals surface area contributed by atoms with Gasteiger partial charge in [0.15, 0.2) is 0 Å². The summed E-state index contributed by atoms with van der Waals surface area (Å²) >= 11 is 0. The van der Waals surface area contributed by atoms with Crippen molar-refractivity contribution in [3.63, 3.8) is 0 Å². The molecule has 1 aromatic rings. The second kappa shape index (κ2) is 5.27. The number of piperidine rings is 1. The lowest BCUT2D eigenvalue weighted by molar-refractivity contribution is 0.109. The van der Waals surface area contributed by atoms with Crippen molar-refractivity contribution >= 4 is 5.69 Å². The number of halogens is 1. The monoisotopic (exact) mass is 250 g/mol. The highest BCUT2D eigenvalue weighted by Crippen LogP contribution is 2.34. The van der Waals surface area contributed by atoms with Gasteiger partial charge in [0.1, 0.15) is 5.82 Å². The lowest BCUT2D eigenvalue weighted by Crippen LogP contribution is -2.38. The predicted octanol–water partition coefficient (Wildman–Crippen LogP) is 3.42. The van der Waals surface area contributed by atoms with Gasteiger partial charge in [-0.15, -0.1) is 0 Å². The Kier molecular flexibility index (Phi) is 3.91. The molecule has 100 valence electrons. The van der Waals surface area contributed by atoms with Gasteiger partial charge in [0, 0.05) is 17.8 Å². The topological polar surface area (TPSA) is 29.3 Å². The fraction of sp³-hybridized carbons (Fsp3) is 0.600. The quantitative estimate of drug-likeness (QED) is 0.833. The molecule has 0 radical (unpaired) electrons. The zero-order valence-corrected chi connectivity index (χ0v) is 11.4. The normalized spacial score (nSPS) is 19.9. The van der Waals surface area contributed by atoms with Crippen LogP contribution in [-0.2, 0) is 6.54 Å². The Hall–Kier alpha value is -1.09. The molecule has 2 N–H and O–H groups in total. The molecule has 0 saturated carbocycles. The van der Waals surface area contributed by atoms with Gasteiger partial charge in [-0.2, -0.15) is 0 Å². The van der Waals surface area contributed by atoms with Crippen molar-refractivity contribution in [1.29, 1.82) is 0 Å². The first-order valence-corrected chi connectivity index (χ1v) is 6.79. The lowest BCUT2D eigenvalue weighted by Gasteiger charge is -2.39. The molecule has 0 amide bonds. The van der Waals surface area contributed by atoms with Crippen LogP contribution in [0, 0.1) is 11.2 Å². The van der Waals surface area contributed by atoms with Crippen LogP contribution < -0.4 is 5.73 Å². The molecule has 0 bridgehead atoms. The van der Waals surface area contributed by atoms with Crippen molar-refractivity contribution in [2.24, 2.45) is 5.41 Å². The Morgan fingerprint density at radius 1 is 1.33 bits per heavy atom. The Morgan fingerprint density at radius 2 is 2.00 bits per heavy atom. The maximum atomic E-state index is 13.7. The third kappa shape index (κ3) is 2.83. The summed E-state index contributed by atoms with van der Waals surface area (Å²) in [7, 11) is 0. The van der Waals surface area contributed by atoms with Crippen LogP contribution in [0.4, 0.5) is 10.1 Å². The van der Waals surface area contributed by atoms with Crippen molar-refractivity contribution in [1.82, 2.24) is 4.90 Å². The predicted molar refractivity (Wildman–Crippen MR) is 73.7 cm³/mol. The highest BCUT2D eigenvalue weighted by atomic mass is 19.1. The SMILES string of the molecule is CCC1(C)CCN(Cc2c(N)cccc2F)CC1. The Bertz CT molecular complexity index is 389. The number of hydrogen-bond acceptors (Lipinski definition) is 2. The smallest absolute Gasteiger partial charge is 0.129 e. The summed E-state index contributed by atoms with van der Waals surface area (Å²) in [6.45, 7) is 7.32. The summed E-state index contributed by atoms with van der Waals surface area (Å²) < 4.78 is 13.7. The maximum Gasteiger partial charge on any atom is 0.129 e. The van der Waals surface area contributed by atoms with Gasteiger partial charge < -0.3 is 5.73 Å².